The first-order valence-corrected chi connectivity index (χ1v) is 7.03. The van der Waals surface area contributed by atoms with Crippen LogP contribution in [-0.2, 0) is 0 Å². The molecular weight excluding hydrogens is 291 g/mol. The van der Waals surface area contributed by atoms with Crippen molar-refractivity contribution in [2.45, 2.75) is 19.9 Å². The van der Waals surface area contributed by atoms with E-state index in [1.54, 1.807) is 24.3 Å². The van der Waals surface area contributed by atoms with Crippen LogP contribution in [0.15, 0.2) is 42.6 Å². The van der Waals surface area contributed by atoms with Crippen molar-refractivity contribution in [3.05, 3.63) is 64.7 Å². The summed E-state index contributed by atoms with van der Waals surface area (Å²) in [5.41, 5.74) is 1.17. The summed E-state index contributed by atoms with van der Waals surface area (Å²) in [4.78, 5) is 16.2. The van der Waals surface area contributed by atoms with Gasteiger partial charge in [-0.2, -0.15) is 0 Å². The molecule has 0 aliphatic carbocycles. The second-order valence-electron chi connectivity index (χ2n) is 5.09. The van der Waals surface area contributed by atoms with Crippen LogP contribution in [0, 0.1) is 11.7 Å². The predicted molar refractivity (Wildman–Crippen MR) is 80.7 cm³/mol. The molecule has 2 aromatic rings. The largest absolute Gasteiger partial charge is 0.345 e. The Morgan fingerprint density at radius 1 is 1.24 bits per heavy atom. The van der Waals surface area contributed by atoms with Gasteiger partial charge in [0.2, 0.25) is 0 Å². The molecule has 1 amide bonds. The van der Waals surface area contributed by atoms with Gasteiger partial charge in [-0.1, -0.05) is 37.6 Å². The number of halogens is 2. The molecule has 0 saturated carbocycles. The van der Waals surface area contributed by atoms with Crippen molar-refractivity contribution in [3.8, 4) is 0 Å². The lowest BCUT2D eigenvalue weighted by atomic mass is 9.95. The smallest absolute Gasteiger partial charge is 0.254 e. The molecule has 1 aromatic heterocycles. The monoisotopic (exact) mass is 306 g/mol. The summed E-state index contributed by atoms with van der Waals surface area (Å²) in [5.74, 6) is -0.450. The van der Waals surface area contributed by atoms with E-state index < -0.39 is 0 Å². The Labute approximate surface area is 128 Å². The van der Waals surface area contributed by atoms with Crippen LogP contribution in [0.4, 0.5) is 4.39 Å². The van der Waals surface area contributed by atoms with Gasteiger partial charge in [-0.3, -0.25) is 4.79 Å². The van der Waals surface area contributed by atoms with Crippen LogP contribution in [0.25, 0.3) is 0 Å². The molecular formula is C16H16ClFN2O. The molecule has 1 heterocycles. The minimum Gasteiger partial charge on any atom is -0.345 e. The SMILES string of the molecule is CC(C)C(NC(=O)c1cccnc1Cl)c1ccc(F)cc1. The summed E-state index contributed by atoms with van der Waals surface area (Å²) in [5, 5.41) is 3.09. The summed E-state index contributed by atoms with van der Waals surface area (Å²) in [6.07, 6.45) is 1.53. The molecule has 0 spiro atoms. The molecule has 1 aromatic carbocycles. The second kappa shape index (κ2) is 6.68. The fraction of sp³-hybridized carbons (Fsp3) is 0.250. The van der Waals surface area contributed by atoms with E-state index >= 15 is 0 Å². The molecule has 0 radical (unpaired) electrons. The van der Waals surface area contributed by atoms with Gasteiger partial charge >= 0.3 is 0 Å². The molecule has 0 fully saturated rings. The van der Waals surface area contributed by atoms with E-state index in [1.165, 1.54) is 18.3 Å². The van der Waals surface area contributed by atoms with Crippen LogP contribution in [0.2, 0.25) is 5.15 Å². The maximum atomic E-state index is 13.0. The maximum Gasteiger partial charge on any atom is 0.254 e. The number of aromatic nitrogens is 1. The number of nitrogens with zero attached hydrogens (tertiary/aromatic N) is 1. The molecule has 0 aliphatic rings. The Morgan fingerprint density at radius 2 is 1.90 bits per heavy atom. The van der Waals surface area contributed by atoms with Gasteiger partial charge in [0.1, 0.15) is 11.0 Å². The Kier molecular flexibility index (Phi) is 4.91. The first-order valence-electron chi connectivity index (χ1n) is 6.66. The third-order valence-corrected chi connectivity index (χ3v) is 3.49. The molecule has 110 valence electrons. The third kappa shape index (κ3) is 3.79. The minimum atomic E-state index is -0.303. The number of amides is 1. The zero-order valence-corrected chi connectivity index (χ0v) is 12.6. The quantitative estimate of drug-likeness (QED) is 0.867. The normalized spacial score (nSPS) is 12.2. The molecule has 5 heteroatoms. The first-order chi connectivity index (χ1) is 9.99. The van der Waals surface area contributed by atoms with E-state index in [0.29, 0.717) is 5.56 Å². The highest BCUT2D eigenvalue weighted by Crippen LogP contribution is 2.23. The molecule has 0 aliphatic heterocycles. The van der Waals surface area contributed by atoms with Crippen LogP contribution < -0.4 is 5.32 Å². The molecule has 1 atom stereocenters. The summed E-state index contributed by atoms with van der Waals surface area (Å²) in [6, 6.07) is 9.16. The summed E-state index contributed by atoms with van der Waals surface area (Å²) in [7, 11) is 0. The van der Waals surface area contributed by atoms with Gasteiger partial charge in [0.05, 0.1) is 11.6 Å². The van der Waals surface area contributed by atoms with Crippen LogP contribution >= 0.6 is 11.6 Å². The lowest BCUT2D eigenvalue weighted by Crippen LogP contribution is -2.32. The van der Waals surface area contributed by atoms with Crippen LogP contribution in [0.3, 0.4) is 0 Å². The van der Waals surface area contributed by atoms with Crippen molar-refractivity contribution in [3.63, 3.8) is 0 Å². The van der Waals surface area contributed by atoms with Gasteiger partial charge in [0.25, 0.3) is 5.91 Å². The number of hydrogen-bond donors (Lipinski definition) is 1. The molecule has 1 unspecified atom stereocenters. The van der Waals surface area contributed by atoms with E-state index in [0.717, 1.165) is 5.56 Å². The van der Waals surface area contributed by atoms with E-state index in [-0.39, 0.29) is 28.8 Å². The Hall–Kier alpha value is -1.94. The zero-order valence-electron chi connectivity index (χ0n) is 11.8. The molecule has 3 nitrogen and oxygen atoms in total. The summed E-state index contributed by atoms with van der Waals surface area (Å²) in [6.45, 7) is 3.97. The van der Waals surface area contributed by atoms with Gasteiger partial charge in [-0.25, -0.2) is 9.37 Å². The lowest BCUT2D eigenvalue weighted by Gasteiger charge is -2.23. The van der Waals surface area contributed by atoms with E-state index in [4.69, 9.17) is 11.6 Å². The summed E-state index contributed by atoms with van der Waals surface area (Å²) >= 11 is 5.93. The molecule has 21 heavy (non-hydrogen) atoms. The van der Waals surface area contributed by atoms with Crippen LogP contribution in [0.5, 0.6) is 0 Å². The third-order valence-electron chi connectivity index (χ3n) is 3.19. The topological polar surface area (TPSA) is 42.0 Å². The van der Waals surface area contributed by atoms with Crippen LogP contribution in [0.1, 0.15) is 35.8 Å². The summed E-state index contributed by atoms with van der Waals surface area (Å²) < 4.78 is 13.0. The Balaban J connectivity index is 2.23. The highest BCUT2D eigenvalue weighted by atomic mass is 35.5. The number of pyridine rings is 1. The molecule has 0 bridgehead atoms. The van der Waals surface area contributed by atoms with Crippen LogP contribution in [-0.4, -0.2) is 10.9 Å². The highest BCUT2D eigenvalue weighted by Gasteiger charge is 2.20. The first kappa shape index (κ1) is 15.4. The van der Waals surface area contributed by atoms with Crippen molar-refractivity contribution in [2.75, 3.05) is 0 Å². The maximum absolute atomic E-state index is 13.0. The number of hydrogen-bond acceptors (Lipinski definition) is 2. The van der Waals surface area contributed by atoms with Crippen molar-refractivity contribution in [1.82, 2.24) is 10.3 Å². The van der Waals surface area contributed by atoms with E-state index in [9.17, 15) is 9.18 Å². The molecule has 2 rings (SSSR count). The number of benzene rings is 1. The second-order valence-corrected chi connectivity index (χ2v) is 5.45. The average Bonchev–Trinajstić information content (AvgIpc) is 2.46. The van der Waals surface area contributed by atoms with Gasteiger partial charge in [0, 0.05) is 6.20 Å². The fourth-order valence-corrected chi connectivity index (χ4v) is 2.28. The lowest BCUT2D eigenvalue weighted by molar-refractivity contribution is 0.0925. The van der Waals surface area contributed by atoms with Gasteiger partial charge in [-0.15, -0.1) is 0 Å². The average molecular weight is 307 g/mol. The minimum absolute atomic E-state index is 0.148. The standard InChI is InChI=1S/C16H16ClFN2O/c1-10(2)14(11-5-7-12(18)8-6-11)20-16(21)13-4-3-9-19-15(13)17/h3-10,14H,1-2H3,(H,20,21). The molecule has 1 N–H and O–H groups in total. The van der Waals surface area contributed by atoms with Gasteiger partial charge in [0.15, 0.2) is 0 Å². The van der Waals surface area contributed by atoms with Crippen molar-refractivity contribution < 1.29 is 9.18 Å². The fourth-order valence-electron chi connectivity index (χ4n) is 2.08. The van der Waals surface area contributed by atoms with Gasteiger partial charge < -0.3 is 5.32 Å². The number of carbonyl (C=O) groups excluding carboxylic acids is 1. The number of nitrogens with one attached hydrogen (secondary N) is 1. The van der Waals surface area contributed by atoms with Crippen molar-refractivity contribution >= 4 is 17.5 Å². The zero-order chi connectivity index (χ0) is 15.4. The Morgan fingerprint density at radius 3 is 2.48 bits per heavy atom. The number of rotatable bonds is 4. The highest BCUT2D eigenvalue weighted by molar-refractivity contribution is 6.32. The Bertz CT molecular complexity index is 628. The predicted octanol–water partition coefficient (Wildman–Crippen LogP) is 4.00. The van der Waals surface area contributed by atoms with Crippen molar-refractivity contribution in [1.29, 1.82) is 0 Å². The van der Waals surface area contributed by atoms with E-state index in [1.807, 2.05) is 13.8 Å². The van der Waals surface area contributed by atoms with Crippen molar-refractivity contribution in [2.24, 2.45) is 5.92 Å². The number of carbonyl (C=O) groups is 1. The molecule has 0 saturated heterocycles. The van der Waals surface area contributed by atoms with Gasteiger partial charge in [-0.05, 0) is 35.7 Å². The van der Waals surface area contributed by atoms with E-state index in [2.05, 4.69) is 10.3 Å².